The number of nitrogens with zero attached hydrogens (tertiary/aromatic N) is 3. The number of rotatable bonds is 7. The molecule has 1 amide bonds. The molecule has 29 heavy (non-hydrogen) atoms. The summed E-state index contributed by atoms with van der Waals surface area (Å²) in [5.74, 6) is 0.691. The van der Waals surface area contributed by atoms with Crippen LogP contribution in [-0.4, -0.2) is 61.3 Å². The van der Waals surface area contributed by atoms with Gasteiger partial charge in [0.2, 0.25) is 0 Å². The number of piperazine rings is 1. The normalized spacial score (nSPS) is 15.9. The molecule has 1 aliphatic heterocycles. The van der Waals surface area contributed by atoms with E-state index in [1.807, 2.05) is 49.4 Å². The molecule has 1 heterocycles. The van der Waals surface area contributed by atoms with Gasteiger partial charge in [-0.2, -0.15) is 5.10 Å². The third-order valence-electron chi connectivity index (χ3n) is 5.04. The summed E-state index contributed by atoms with van der Waals surface area (Å²) in [6, 6.07) is 15.5. The molecule has 1 fully saturated rings. The van der Waals surface area contributed by atoms with Gasteiger partial charge in [0.15, 0.2) is 0 Å². The Morgan fingerprint density at radius 2 is 1.72 bits per heavy atom. The molecule has 0 spiro atoms. The SMILES string of the molecule is COc1ccc(C(C)=NNC(=O)CN2CCN(Cc3ccccc3Cl)CC2)cc1. The Morgan fingerprint density at radius 1 is 1.07 bits per heavy atom. The molecule has 0 saturated carbocycles. The molecule has 0 aliphatic carbocycles. The zero-order valence-corrected chi connectivity index (χ0v) is 17.7. The zero-order chi connectivity index (χ0) is 20.6. The number of hydrogen-bond donors (Lipinski definition) is 1. The summed E-state index contributed by atoms with van der Waals surface area (Å²) in [5.41, 5.74) is 5.50. The van der Waals surface area contributed by atoms with Gasteiger partial charge in [0, 0.05) is 37.7 Å². The maximum Gasteiger partial charge on any atom is 0.254 e. The summed E-state index contributed by atoms with van der Waals surface area (Å²) in [5, 5.41) is 5.03. The average molecular weight is 415 g/mol. The minimum absolute atomic E-state index is 0.0996. The monoisotopic (exact) mass is 414 g/mol. The maximum absolute atomic E-state index is 12.3. The Labute approximate surface area is 177 Å². The molecule has 0 aromatic heterocycles. The third kappa shape index (κ3) is 6.29. The van der Waals surface area contributed by atoms with E-state index in [4.69, 9.17) is 16.3 Å². The second-order valence-corrected chi connectivity index (χ2v) is 7.51. The van der Waals surface area contributed by atoms with Crippen molar-refractivity contribution >= 4 is 23.2 Å². The van der Waals surface area contributed by atoms with Crippen molar-refractivity contribution in [2.24, 2.45) is 5.10 Å². The minimum atomic E-state index is -0.0996. The van der Waals surface area contributed by atoms with Crippen molar-refractivity contribution < 1.29 is 9.53 Å². The van der Waals surface area contributed by atoms with Crippen LogP contribution in [0.5, 0.6) is 5.75 Å². The quantitative estimate of drug-likeness (QED) is 0.559. The average Bonchev–Trinajstić information content (AvgIpc) is 2.75. The number of nitrogens with one attached hydrogen (secondary N) is 1. The lowest BCUT2D eigenvalue weighted by Crippen LogP contribution is -2.48. The number of carbonyl (C=O) groups is 1. The highest BCUT2D eigenvalue weighted by Crippen LogP contribution is 2.18. The Hall–Kier alpha value is -2.41. The lowest BCUT2D eigenvalue weighted by molar-refractivity contribution is -0.122. The molecule has 1 N–H and O–H groups in total. The number of benzene rings is 2. The van der Waals surface area contributed by atoms with E-state index in [2.05, 4.69) is 26.4 Å². The third-order valence-corrected chi connectivity index (χ3v) is 5.41. The largest absolute Gasteiger partial charge is 0.497 e. The first-order valence-corrected chi connectivity index (χ1v) is 10.1. The van der Waals surface area contributed by atoms with Crippen molar-refractivity contribution in [1.82, 2.24) is 15.2 Å². The molecule has 3 rings (SSSR count). The summed E-state index contributed by atoms with van der Waals surface area (Å²) >= 11 is 6.25. The molecule has 2 aromatic rings. The van der Waals surface area contributed by atoms with E-state index in [-0.39, 0.29) is 5.91 Å². The standard InChI is InChI=1S/C22H27ClN4O2/c1-17(18-7-9-20(29-2)10-8-18)24-25-22(28)16-27-13-11-26(12-14-27)15-19-5-3-4-6-21(19)23/h3-10H,11-16H2,1-2H3,(H,25,28). The fourth-order valence-electron chi connectivity index (χ4n) is 3.25. The zero-order valence-electron chi connectivity index (χ0n) is 16.9. The van der Waals surface area contributed by atoms with Crippen molar-refractivity contribution in [2.45, 2.75) is 13.5 Å². The van der Waals surface area contributed by atoms with Gasteiger partial charge < -0.3 is 4.74 Å². The first-order valence-electron chi connectivity index (χ1n) is 9.71. The molecule has 1 saturated heterocycles. The molecule has 1 aliphatic rings. The number of halogens is 1. The minimum Gasteiger partial charge on any atom is -0.497 e. The van der Waals surface area contributed by atoms with Crippen LogP contribution < -0.4 is 10.2 Å². The Balaban J connectivity index is 1.42. The van der Waals surface area contributed by atoms with Gasteiger partial charge in [0.05, 0.1) is 19.4 Å². The number of amides is 1. The predicted molar refractivity (Wildman–Crippen MR) is 117 cm³/mol. The van der Waals surface area contributed by atoms with Gasteiger partial charge in [-0.25, -0.2) is 5.43 Å². The van der Waals surface area contributed by atoms with Crippen molar-refractivity contribution in [3.8, 4) is 5.75 Å². The van der Waals surface area contributed by atoms with Gasteiger partial charge in [0.1, 0.15) is 5.75 Å². The van der Waals surface area contributed by atoms with Crippen LogP contribution in [0, 0.1) is 0 Å². The van der Waals surface area contributed by atoms with Crippen LogP contribution in [0.1, 0.15) is 18.1 Å². The first-order chi connectivity index (χ1) is 14.0. The highest BCUT2D eigenvalue weighted by atomic mass is 35.5. The van der Waals surface area contributed by atoms with Gasteiger partial charge in [-0.05, 0) is 48.4 Å². The molecule has 0 bridgehead atoms. The summed E-state index contributed by atoms with van der Waals surface area (Å²) < 4.78 is 5.15. The molecule has 154 valence electrons. The second-order valence-electron chi connectivity index (χ2n) is 7.10. The first kappa shape index (κ1) is 21.3. The van der Waals surface area contributed by atoms with Gasteiger partial charge in [-0.15, -0.1) is 0 Å². The summed E-state index contributed by atoms with van der Waals surface area (Å²) in [6.45, 7) is 6.57. The molecule has 7 heteroatoms. The molecule has 6 nitrogen and oxygen atoms in total. The molecule has 0 radical (unpaired) electrons. The van der Waals surface area contributed by atoms with Crippen molar-refractivity contribution in [3.05, 3.63) is 64.7 Å². The highest BCUT2D eigenvalue weighted by Gasteiger charge is 2.19. The van der Waals surface area contributed by atoms with Gasteiger partial charge in [-0.3, -0.25) is 14.6 Å². The van der Waals surface area contributed by atoms with E-state index in [0.29, 0.717) is 6.54 Å². The molecular weight excluding hydrogens is 388 g/mol. The second kappa shape index (κ2) is 10.4. The maximum atomic E-state index is 12.3. The molecular formula is C22H27ClN4O2. The van der Waals surface area contributed by atoms with Crippen LogP contribution in [0.2, 0.25) is 5.02 Å². The number of hydrazone groups is 1. The van der Waals surface area contributed by atoms with E-state index >= 15 is 0 Å². The van der Waals surface area contributed by atoms with Crippen molar-refractivity contribution in [1.29, 1.82) is 0 Å². The van der Waals surface area contributed by atoms with Crippen LogP contribution in [0.3, 0.4) is 0 Å². The van der Waals surface area contributed by atoms with E-state index < -0.39 is 0 Å². The number of hydrogen-bond acceptors (Lipinski definition) is 5. The molecule has 0 unspecified atom stereocenters. The fourth-order valence-corrected chi connectivity index (χ4v) is 3.45. The molecule has 2 aromatic carbocycles. The Morgan fingerprint density at radius 3 is 2.38 bits per heavy atom. The number of methoxy groups -OCH3 is 1. The highest BCUT2D eigenvalue weighted by molar-refractivity contribution is 6.31. The fraction of sp³-hybridized carbons (Fsp3) is 0.364. The summed E-state index contributed by atoms with van der Waals surface area (Å²) in [7, 11) is 1.63. The van der Waals surface area contributed by atoms with Gasteiger partial charge in [-0.1, -0.05) is 29.8 Å². The topological polar surface area (TPSA) is 57.2 Å². The number of ether oxygens (including phenoxy) is 1. The van der Waals surface area contributed by atoms with E-state index in [1.165, 1.54) is 0 Å². The van der Waals surface area contributed by atoms with Crippen molar-refractivity contribution in [2.75, 3.05) is 39.8 Å². The van der Waals surface area contributed by atoms with E-state index in [0.717, 1.165) is 60.3 Å². The summed E-state index contributed by atoms with van der Waals surface area (Å²) in [4.78, 5) is 16.8. The van der Waals surface area contributed by atoms with E-state index in [9.17, 15) is 4.79 Å². The lowest BCUT2D eigenvalue weighted by atomic mass is 10.1. The van der Waals surface area contributed by atoms with Crippen LogP contribution in [0.25, 0.3) is 0 Å². The summed E-state index contributed by atoms with van der Waals surface area (Å²) in [6.07, 6.45) is 0. The predicted octanol–water partition coefficient (Wildman–Crippen LogP) is 3.01. The van der Waals surface area contributed by atoms with Crippen LogP contribution >= 0.6 is 11.6 Å². The molecule has 0 atom stereocenters. The Kier molecular flexibility index (Phi) is 7.63. The van der Waals surface area contributed by atoms with Crippen LogP contribution in [0.15, 0.2) is 53.6 Å². The van der Waals surface area contributed by atoms with Crippen LogP contribution in [0.4, 0.5) is 0 Å². The van der Waals surface area contributed by atoms with Gasteiger partial charge >= 0.3 is 0 Å². The van der Waals surface area contributed by atoms with Crippen LogP contribution in [-0.2, 0) is 11.3 Å². The van der Waals surface area contributed by atoms with E-state index in [1.54, 1.807) is 7.11 Å². The van der Waals surface area contributed by atoms with Gasteiger partial charge in [0.25, 0.3) is 5.91 Å². The number of carbonyl (C=O) groups excluding carboxylic acids is 1. The Bertz CT molecular complexity index is 846. The lowest BCUT2D eigenvalue weighted by Gasteiger charge is -2.34. The smallest absolute Gasteiger partial charge is 0.254 e. The van der Waals surface area contributed by atoms with Crippen molar-refractivity contribution in [3.63, 3.8) is 0 Å².